The third-order valence-corrected chi connectivity index (χ3v) is 4.54. The van der Waals surface area contributed by atoms with Gasteiger partial charge in [0.15, 0.2) is 17.4 Å². The summed E-state index contributed by atoms with van der Waals surface area (Å²) in [6, 6.07) is 6.68. The Morgan fingerprint density at radius 2 is 2.17 bits per heavy atom. The smallest absolute Gasteiger partial charge is 0.172 e. The Morgan fingerprint density at radius 1 is 1.30 bits per heavy atom. The van der Waals surface area contributed by atoms with Gasteiger partial charge in [-0.3, -0.25) is 0 Å². The molecule has 2 aromatic rings. The summed E-state index contributed by atoms with van der Waals surface area (Å²) in [4.78, 5) is 4.63. The lowest BCUT2D eigenvalue weighted by molar-refractivity contribution is 0.269. The summed E-state index contributed by atoms with van der Waals surface area (Å²) in [5.74, 6) is -0.302. The predicted molar refractivity (Wildman–Crippen MR) is 86.2 cm³/mol. The third kappa shape index (κ3) is 2.37. The van der Waals surface area contributed by atoms with Crippen LogP contribution >= 0.6 is 0 Å². The average molecular weight is 315 g/mol. The summed E-state index contributed by atoms with van der Waals surface area (Å²) < 4.78 is 13.6. The van der Waals surface area contributed by atoms with Gasteiger partial charge in [0.2, 0.25) is 0 Å². The first-order chi connectivity index (χ1) is 11.1. The molecule has 0 aliphatic carbocycles. The van der Waals surface area contributed by atoms with Gasteiger partial charge in [0, 0.05) is 31.7 Å². The Labute approximate surface area is 133 Å². The zero-order valence-corrected chi connectivity index (χ0v) is 12.8. The van der Waals surface area contributed by atoms with Crippen LogP contribution in [0.25, 0.3) is 11.3 Å². The molecule has 4 rings (SSSR count). The van der Waals surface area contributed by atoms with E-state index in [4.69, 9.17) is 0 Å². The number of piperazine rings is 1. The minimum absolute atomic E-state index is 0.358. The molecule has 1 unspecified atom stereocenters. The molecule has 2 N–H and O–H groups in total. The van der Waals surface area contributed by atoms with E-state index in [9.17, 15) is 9.50 Å². The number of hydrogen-bond acceptors (Lipinski definition) is 6. The molecule has 0 amide bonds. The maximum absolute atomic E-state index is 13.6. The van der Waals surface area contributed by atoms with E-state index in [2.05, 4.69) is 32.4 Å². The zero-order chi connectivity index (χ0) is 16.0. The monoisotopic (exact) mass is 315 g/mol. The summed E-state index contributed by atoms with van der Waals surface area (Å²) in [5, 5.41) is 21.6. The number of hydrogen-bond donors (Lipinski definition) is 2. The van der Waals surface area contributed by atoms with Gasteiger partial charge in [0.1, 0.15) is 0 Å². The molecule has 3 heterocycles. The first kappa shape index (κ1) is 14.2. The lowest BCUT2D eigenvalue weighted by atomic mass is 10.1. The van der Waals surface area contributed by atoms with Crippen molar-refractivity contribution in [3.63, 3.8) is 0 Å². The van der Waals surface area contributed by atoms with Crippen molar-refractivity contribution in [1.82, 2.24) is 15.1 Å². The number of likely N-dealkylation sites (N-methyl/N-ethyl adjacent to an activating group) is 1. The highest BCUT2D eigenvalue weighted by Gasteiger charge is 2.31. The number of phenolic OH excluding ortho intramolecular Hbond substituents is 1. The standard InChI is InChI=1S/C16H18FN5O/c1-21-5-6-22-10(9-21)8-18-16-14(22)7-13(19-20-16)11-3-2-4-12(17)15(11)23/h2-4,7,10,23H,5-6,8-9H2,1H3,(H,18,20). The molecule has 0 spiro atoms. The second kappa shape index (κ2) is 5.34. The Kier molecular flexibility index (Phi) is 3.30. The molecule has 0 bridgehead atoms. The first-order valence-corrected chi connectivity index (χ1v) is 7.68. The molecule has 2 aliphatic heterocycles. The minimum atomic E-state index is -0.655. The maximum atomic E-state index is 13.6. The fraction of sp³-hybridized carbons (Fsp3) is 0.375. The molecule has 120 valence electrons. The van der Waals surface area contributed by atoms with Crippen molar-refractivity contribution in [3.8, 4) is 17.0 Å². The Bertz CT molecular complexity index is 753. The van der Waals surface area contributed by atoms with E-state index in [-0.39, 0.29) is 5.75 Å². The molecular weight excluding hydrogens is 297 g/mol. The minimum Gasteiger partial charge on any atom is -0.504 e. The van der Waals surface area contributed by atoms with Gasteiger partial charge in [-0.05, 0) is 25.2 Å². The van der Waals surface area contributed by atoms with Gasteiger partial charge in [0.05, 0.1) is 17.4 Å². The number of nitrogens with one attached hydrogen (secondary N) is 1. The topological polar surface area (TPSA) is 64.5 Å². The summed E-state index contributed by atoms with van der Waals surface area (Å²) >= 11 is 0. The van der Waals surface area contributed by atoms with Crippen LogP contribution in [0.15, 0.2) is 24.3 Å². The van der Waals surface area contributed by atoms with Gasteiger partial charge in [0.25, 0.3) is 0 Å². The van der Waals surface area contributed by atoms with E-state index in [1.807, 2.05) is 6.07 Å². The van der Waals surface area contributed by atoms with Gasteiger partial charge in [-0.15, -0.1) is 10.2 Å². The number of phenols is 1. The zero-order valence-electron chi connectivity index (χ0n) is 12.8. The Balaban J connectivity index is 1.76. The number of para-hydroxylation sites is 1. The van der Waals surface area contributed by atoms with E-state index in [1.54, 1.807) is 12.1 Å². The maximum Gasteiger partial charge on any atom is 0.172 e. The predicted octanol–water partition coefficient (Wildman–Crippen LogP) is 1.53. The van der Waals surface area contributed by atoms with Crippen LogP contribution in [0.2, 0.25) is 0 Å². The van der Waals surface area contributed by atoms with E-state index in [1.165, 1.54) is 6.07 Å². The van der Waals surface area contributed by atoms with Crippen LogP contribution in [0.4, 0.5) is 15.9 Å². The average Bonchev–Trinajstić information content (AvgIpc) is 2.56. The third-order valence-electron chi connectivity index (χ3n) is 4.54. The molecular formula is C16H18FN5O. The normalized spacial score (nSPS) is 20.6. The van der Waals surface area contributed by atoms with Crippen LogP contribution in [0.1, 0.15) is 0 Å². The molecule has 1 aromatic carbocycles. The van der Waals surface area contributed by atoms with Crippen LogP contribution < -0.4 is 10.2 Å². The molecule has 1 saturated heterocycles. The van der Waals surface area contributed by atoms with Gasteiger partial charge >= 0.3 is 0 Å². The number of fused-ring (bicyclic) bond motifs is 3. The van der Waals surface area contributed by atoms with Gasteiger partial charge in [-0.25, -0.2) is 4.39 Å². The highest BCUT2D eigenvalue weighted by molar-refractivity contribution is 5.76. The SMILES string of the molecule is CN1CCN2c3cc(-c4cccc(F)c4O)nnc3NCC2C1. The van der Waals surface area contributed by atoms with E-state index >= 15 is 0 Å². The molecule has 6 nitrogen and oxygen atoms in total. The molecule has 1 atom stereocenters. The quantitative estimate of drug-likeness (QED) is 0.832. The Hall–Kier alpha value is -2.41. The fourth-order valence-electron chi connectivity index (χ4n) is 3.30. The highest BCUT2D eigenvalue weighted by Crippen LogP contribution is 2.36. The van der Waals surface area contributed by atoms with E-state index in [0.29, 0.717) is 17.3 Å². The van der Waals surface area contributed by atoms with E-state index in [0.717, 1.165) is 37.7 Å². The fourth-order valence-corrected chi connectivity index (χ4v) is 3.30. The van der Waals surface area contributed by atoms with Crippen LogP contribution in [0.3, 0.4) is 0 Å². The molecule has 0 saturated carbocycles. The second-order valence-corrected chi connectivity index (χ2v) is 6.09. The summed E-state index contributed by atoms with van der Waals surface area (Å²) in [6.07, 6.45) is 0. The van der Waals surface area contributed by atoms with Crippen molar-refractivity contribution in [2.75, 3.05) is 43.4 Å². The highest BCUT2D eigenvalue weighted by atomic mass is 19.1. The number of benzene rings is 1. The first-order valence-electron chi connectivity index (χ1n) is 7.68. The van der Waals surface area contributed by atoms with Crippen molar-refractivity contribution >= 4 is 11.5 Å². The summed E-state index contributed by atoms with van der Waals surface area (Å²) in [5.41, 5.74) is 1.79. The molecule has 23 heavy (non-hydrogen) atoms. The second-order valence-electron chi connectivity index (χ2n) is 6.09. The Morgan fingerprint density at radius 3 is 3.04 bits per heavy atom. The van der Waals surface area contributed by atoms with Crippen molar-refractivity contribution in [1.29, 1.82) is 0 Å². The molecule has 0 radical (unpaired) electrons. The van der Waals surface area contributed by atoms with Gasteiger partial charge in [-0.2, -0.15) is 0 Å². The number of halogens is 1. The number of rotatable bonds is 1. The molecule has 1 fully saturated rings. The largest absolute Gasteiger partial charge is 0.504 e. The van der Waals surface area contributed by atoms with E-state index < -0.39 is 5.82 Å². The molecule has 2 aliphatic rings. The van der Waals surface area contributed by atoms with Gasteiger partial charge in [-0.1, -0.05) is 6.07 Å². The lowest BCUT2D eigenvalue weighted by Crippen LogP contribution is -2.56. The molecule has 7 heteroatoms. The summed E-state index contributed by atoms with van der Waals surface area (Å²) in [7, 11) is 2.12. The number of aromatic hydroxyl groups is 1. The van der Waals surface area contributed by atoms with Gasteiger partial charge < -0.3 is 20.2 Å². The van der Waals surface area contributed by atoms with Crippen molar-refractivity contribution in [2.45, 2.75) is 6.04 Å². The van der Waals surface area contributed by atoms with Crippen LogP contribution in [0, 0.1) is 5.82 Å². The van der Waals surface area contributed by atoms with Crippen molar-refractivity contribution < 1.29 is 9.50 Å². The lowest BCUT2D eigenvalue weighted by Gasteiger charge is -2.44. The van der Waals surface area contributed by atoms with Crippen LogP contribution in [0.5, 0.6) is 5.75 Å². The summed E-state index contributed by atoms with van der Waals surface area (Å²) in [6.45, 7) is 3.71. The van der Waals surface area contributed by atoms with Crippen LogP contribution in [-0.4, -0.2) is 59.5 Å². The molecule has 1 aromatic heterocycles. The number of anilines is 2. The van der Waals surface area contributed by atoms with Crippen molar-refractivity contribution in [2.24, 2.45) is 0 Å². The number of nitrogens with zero attached hydrogens (tertiary/aromatic N) is 4. The number of aromatic nitrogens is 2. The van der Waals surface area contributed by atoms with Crippen LogP contribution in [-0.2, 0) is 0 Å². The van der Waals surface area contributed by atoms with Crippen molar-refractivity contribution in [3.05, 3.63) is 30.1 Å².